The summed E-state index contributed by atoms with van der Waals surface area (Å²) in [6, 6.07) is 7.28. The number of nitrogen functional groups attached to an aromatic ring is 1. The van der Waals surface area contributed by atoms with Gasteiger partial charge in [-0.15, -0.1) is 0 Å². The first-order valence-corrected chi connectivity index (χ1v) is 5.62. The summed E-state index contributed by atoms with van der Waals surface area (Å²) in [6.45, 7) is 2.51. The Labute approximate surface area is 105 Å². The van der Waals surface area contributed by atoms with Crippen LogP contribution in [0, 0.1) is 6.92 Å². The zero-order chi connectivity index (χ0) is 12.4. The first-order valence-electron chi connectivity index (χ1n) is 5.25. The third-order valence-electron chi connectivity index (χ3n) is 2.42. The van der Waals surface area contributed by atoms with Crippen LogP contribution in [0.2, 0.25) is 5.15 Å². The third-order valence-corrected chi connectivity index (χ3v) is 2.63. The van der Waals surface area contributed by atoms with Crippen LogP contribution in [0.4, 0.5) is 11.5 Å². The number of aromatic nitrogens is 1. The van der Waals surface area contributed by atoms with Crippen molar-refractivity contribution in [3.05, 3.63) is 40.9 Å². The SMILES string of the molecule is Cc1ccc(CN(C)c2nc(Cl)ccc2N)o1. The minimum absolute atomic E-state index is 0.427. The lowest BCUT2D eigenvalue weighted by Crippen LogP contribution is -2.18. The molecule has 0 aliphatic carbocycles. The lowest BCUT2D eigenvalue weighted by Gasteiger charge is -2.18. The van der Waals surface area contributed by atoms with Crippen molar-refractivity contribution in [2.24, 2.45) is 0 Å². The molecule has 2 N–H and O–H groups in total. The molecule has 4 nitrogen and oxygen atoms in total. The molecule has 0 radical (unpaired) electrons. The van der Waals surface area contributed by atoms with E-state index in [-0.39, 0.29) is 0 Å². The monoisotopic (exact) mass is 251 g/mol. The molecule has 17 heavy (non-hydrogen) atoms. The molecule has 2 aromatic heterocycles. The van der Waals surface area contributed by atoms with Crippen LogP contribution in [0.15, 0.2) is 28.7 Å². The fraction of sp³-hybridized carbons (Fsp3) is 0.250. The minimum atomic E-state index is 0.427. The Morgan fingerprint density at radius 2 is 2.12 bits per heavy atom. The number of aryl methyl sites for hydroxylation is 1. The average molecular weight is 252 g/mol. The van der Waals surface area contributed by atoms with Crippen molar-refractivity contribution in [2.75, 3.05) is 17.7 Å². The fourth-order valence-electron chi connectivity index (χ4n) is 1.62. The minimum Gasteiger partial charge on any atom is -0.464 e. The molecule has 0 bridgehead atoms. The summed E-state index contributed by atoms with van der Waals surface area (Å²) in [5, 5.41) is 0.427. The molecule has 0 aromatic carbocycles. The molecule has 0 aliphatic rings. The smallest absolute Gasteiger partial charge is 0.153 e. The van der Waals surface area contributed by atoms with E-state index in [0.717, 1.165) is 11.5 Å². The van der Waals surface area contributed by atoms with Gasteiger partial charge in [-0.2, -0.15) is 0 Å². The second-order valence-corrected chi connectivity index (χ2v) is 4.30. The van der Waals surface area contributed by atoms with Crippen molar-refractivity contribution in [1.29, 1.82) is 0 Å². The van der Waals surface area contributed by atoms with E-state index in [9.17, 15) is 0 Å². The first-order chi connectivity index (χ1) is 8.06. The van der Waals surface area contributed by atoms with Gasteiger partial charge in [0.1, 0.15) is 16.7 Å². The molecule has 2 aromatic rings. The molecule has 0 aliphatic heterocycles. The Bertz CT molecular complexity index is 524. The van der Waals surface area contributed by atoms with Gasteiger partial charge in [0.05, 0.1) is 12.2 Å². The maximum Gasteiger partial charge on any atom is 0.153 e. The molecule has 5 heteroatoms. The molecule has 0 saturated heterocycles. The zero-order valence-electron chi connectivity index (χ0n) is 9.77. The van der Waals surface area contributed by atoms with Crippen LogP contribution in [-0.2, 0) is 6.54 Å². The second-order valence-electron chi connectivity index (χ2n) is 3.92. The van der Waals surface area contributed by atoms with Crippen LogP contribution < -0.4 is 10.6 Å². The van der Waals surface area contributed by atoms with E-state index in [4.69, 9.17) is 21.8 Å². The Balaban J connectivity index is 2.19. The van der Waals surface area contributed by atoms with Crippen LogP contribution in [0.25, 0.3) is 0 Å². The standard InChI is InChI=1S/C12H14ClN3O/c1-8-3-4-9(17-8)7-16(2)12-10(14)5-6-11(13)15-12/h3-6H,7,14H2,1-2H3. The summed E-state index contributed by atoms with van der Waals surface area (Å²) >= 11 is 5.85. The van der Waals surface area contributed by atoms with Crippen molar-refractivity contribution < 1.29 is 4.42 Å². The highest BCUT2D eigenvalue weighted by Gasteiger charge is 2.10. The summed E-state index contributed by atoms with van der Waals surface area (Å²) in [7, 11) is 1.90. The van der Waals surface area contributed by atoms with Gasteiger partial charge in [-0.05, 0) is 31.2 Å². The predicted molar refractivity (Wildman–Crippen MR) is 69.2 cm³/mol. The number of hydrogen-bond acceptors (Lipinski definition) is 4. The number of anilines is 2. The normalized spacial score (nSPS) is 10.5. The molecular formula is C12H14ClN3O. The van der Waals surface area contributed by atoms with Gasteiger partial charge in [-0.3, -0.25) is 0 Å². The lowest BCUT2D eigenvalue weighted by atomic mass is 10.3. The van der Waals surface area contributed by atoms with Crippen LogP contribution >= 0.6 is 11.6 Å². The summed E-state index contributed by atoms with van der Waals surface area (Å²) in [5.41, 5.74) is 6.45. The van der Waals surface area contributed by atoms with Crippen LogP contribution in [0.5, 0.6) is 0 Å². The number of nitrogens with zero attached hydrogens (tertiary/aromatic N) is 2. The largest absolute Gasteiger partial charge is 0.464 e. The van der Waals surface area contributed by atoms with E-state index < -0.39 is 0 Å². The van der Waals surface area contributed by atoms with Crippen molar-refractivity contribution in [3.63, 3.8) is 0 Å². The van der Waals surface area contributed by atoms with Gasteiger partial charge in [0, 0.05) is 7.05 Å². The highest BCUT2D eigenvalue weighted by Crippen LogP contribution is 2.23. The van der Waals surface area contributed by atoms with Gasteiger partial charge >= 0.3 is 0 Å². The molecule has 0 atom stereocenters. The topological polar surface area (TPSA) is 55.3 Å². The Morgan fingerprint density at radius 1 is 1.35 bits per heavy atom. The summed E-state index contributed by atoms with van der Waals surface area (Å²) < 4.78 is 5.50. The number of nitrogens with two attached hydrogens (primary N) is 1. The Morgan fingerprint density at radius 3 is 2.76 bits per heavy atom. The fourth-order valence-corrected chi connectivity index (χ4v) is 1.76. The van der Waals surface area contributed by atoms with Crippen molar-refractivity contribution in [2.45, 2.75) is 13.5 Å². The van der Waals surface area contributed by atoms with Gasteiger partial charge in [0.25, 0.3) is 0 Å². The molecule has 2 rings (SSSR count). The van der Waals surface area contributed by atoms with Crippen LogP contribution in [-0.4, -0.2) is 12.0 Å². The van der Waals surface area contributed by atoms with Crippen LogP contribution in [0.3, 0.4) is 0 Å². The zero-order valence-corrected chi connectivity index (χ0v) is 10.5. The molecule has 0 fully saturated rings. The Kier molecular flexibility index (Phi) is 3.24. The van der Waals surface area contributed by atoms with Gasteiger partial charge < -0.3 is 15.1 Å². The van der Waals surface area contributed by atoms with Crippen LogP contribution in [0.1, 0.15) is 11.5 Å². The molecule has 0 spiro atoms. The van der Waals surface area contributed by atoms with E-state index in [2.05, 4.69) is 4.98 Å². The third kappa shape index (κ3) is 2.71. The lowest BCUT2D eigenvalue weighted by molar-refractivity contribution is 0.481. The van der Waals surface area contributed by atoms with Crippen molar-refractivity contribution in [1.82, 2.24) is 4.98 Å². The molecule has 90 valence electrons. The highest BCUT2D eigenvalue weighted by atomic mass is 35.5. The summed E-state index contributed by atoms with van der Waals surface area (Å²) in [4.78, 5) is 6.10. The van der Waals surface area contributed by atoms with Crippen molar-refractivity contribution >= 4 is 23.1 Å². The van der Waals surface area contributed by atoms with Gasteiger partial charge in [-0.25, -0.2) is 4.98 Å². The number of furan rings is 1. The second kappa shape index (κ2) is 4.67. The molecule has 0 unspecified atom stereocenters. The van der Waals surface area contributed by atoms with E-state index in [1.54, 1.807) is 12.1 Å². The molecule has 0 saturated carbocycles. The number of halogens is 1. The maximum atomic E-state index is 5.86. The maximum absolute atomic E-state index is 5.86. The average Bonchev–Trinajstić information content (AvgIpc) is 2.67. The summed E-state index contributed by atoms with van der Waals surface area (Å²) in [6.07, 6.45) is 0. The predicted octanol–water partition coefficient (Wildman–Crippen LogP) is 2.86. The number of pyridine rings is 1. The number of rotatable bonds is 3. The van der Waals surface area contributed by atoms with Gasteiger partial charge in [0.2, 0.25) is 0 Å². The van der Waals surface area contributed by atoms with E-state index in [1.165, 1.54) is 0 Å². The quantitative estimate of drug-likeness (QED) is 0.853. The molecule has 2 heterocycles. The van der Waals surface area contributed by atoms with E-state index in [1.807, 2.05) is 31.0 Å². The van der Waals surface area contributed by atoms with E-state index in [0.29, 0.717) is 23.2 Å². The van der Waals surface area contributed by atoms with E-state index >= 15 is 0 Å². The van der Waals surface area contributed by atoms with Crippen molar-refractivity contribution in [3.8, 4) is 0 Å². The number of hydrogen-bond donors (Lipinski definition) is 1. The van der Waals surface area contributed by atoms with Gasteiger partial charge in [0.15, 0.2) is 5.82 Å². The summed E-state index contributed by atoms with van der Waals surface area (Å²) in [5.74, 6) is 2.41. The molecular weight excluding hydrogens is 238 g/mol. The first kappa shape index (κ1) is 11.8. The van der Waals surface area contributed by atoms with Gasteiger partial charge in [-0.1, -0.05) is 11.6 Å². The molecule has 0 amide bonds. The highest BCUT2D eigenvalue weighted by molar-refractivity contribution is 6.29. The Hall–Kier alpha value is -1.68.